The zero-order valence-corrected chi connectivity index (χ0v) is 23.7. The standard InChI is InChI=1S/C29H34N6O6S/c1-15(36)25(29(40)41)35-28(39)24(11-17-13-32-22-9-5-3-7-19(17)22)34-27(38)23(33-26(37)20(30)14-42)10-16-12-31-21-8-4-2-6-18(16)21/h2-9,12-13,15,20,23-25,31-32,36,42H,10-11,14,30H2,1H3,(H,33,37)(H,34,38)(H,35,39)(H,40,41). The number of amides is 3. The number of hydrogen-bond acceptors (Lipinski definition) is 7. The molecule has 0 spiro atoms. The number of carbonyl (C=O) groups is 4. The maximum Gasteiger partial charge on any atom is 0.328 e. The molecule has 2 heterocycles. The molecule has 4 rings (SSSR count). The minimum Gasteiger partial charge on any atom is -0.480 e. The van der Waals surface area contributed by atoms with Crippen LogP contribution in [0.25, 0.3) is 21.8 Å². The summed E-state index contributed by atoms with van der Waals surface area (Å²) in [5, 5.41) is 28.8. The molecule has 0 aliphatic heterocycles. The maximum atomic E-state index is 13.8. The number of nitrogens with two attached hydrogens (primary N) is 1. The van der Waals surface area contributed by atoms with Gasteiger partial charge in [-0.1, -0.05) is 36.4 Å². The Bertz CT molecular complexity index is 1580. The predicted octanol–water partition coefficient (Wildman–Crippen LogP) is 0.611. The molecule has 13 heteroatoms. The van der Waals surface area contributed by atoms with Gasteiger partial charge < -0.3 is 41.9 Å². The summed E-state index contributed by atoms with van der Waals surface area (Å²) in [6.45, 7) is 1.24. The monoisotopic (exact) mass is 594 g/mol. The molecule has 5 unspecified atom stereocenters. The molecular weight excluding hydrogens is 560 g/mol. The Morgan fingerprint density at radius 1 is 0.810 bits per heavy atom. The third-order valence-electron chi connectivity index (χ3n) is 7.04. The van der Waals surface area contributed by atoms with Gasteiger partial charge in [-0.2, -0.15) is 12.6 Å². The Balaban J connectivity index is 1.64. The molecule has 5 atom stereocenters. The third kappa shape index (κ3) is 7.11. The van der Waals surface area contributed by atoms with E-state index in [2.05, 4.69) is 38.5 Å². The molecule has 0 fully saturated rings. The van der Waals surface area contributed by atoms with Crippen LogP contribution in [0.2, 0.25) is 0 Å². The van der Waals surface area contributed by atoms with E-state index in [9.17, 15) is 29.4 Å². The summed E-state index contributed by atoms with van der Waals surface area (Å²) in [4.78, 5) is 57.9. The number of carboxylic acid groups (broad SMARTS) is 1. The molecule has 2 aromatic heterocycles. The molecular formula is C29H34N6O6S. The van der Waals surface area contributed by atoms with E-state index in [-0.39, 0.29) is 18.6 Å². The average molecular weight is 595 g/mol. The highest BCUT2D eigenvalue weighted by Gasteiger charge is 2.32. The molecule has 9 N–H and O–H groups in total. The number of aliphatic hydroxyl groups is 1. The van der Waals surface area contributed by atoms with Crippen molar-refractivity contribution in [3.63, 3.8) is 0 Å². The maximum absolute atomic E-state index is 13.8. The summed E-state index contributed by atoms with van der Waals surface area (Å²) in [7, 11) is 0. The SMILES string of the molecule is CC(O)C(NC(=O)C(Cc1c[nH]c2ccccc12)NC(=O)C(Cc1c[nH]c2ccccc12)NC(=O)C(N)CS)C(=O)O. The summed E-state index contributed by atoms with van der Waals surface area (Å²) in [5.74, 6) is -3.46. The van der Waals surface area contributed by atoms with E-state index in [4.69, 9.17) is 5.73 Å². The van der Waals surface area contributed by atoms with Gasteiger partial charge in [0.2, 0.25) is 17.7 Å². The van der Waals surface area contributed by atoms with Crippen LogP contribution in [0.15, 0.2) is 60.9 Å². The second-order valence-corrected chi connectivity index (χ2v) is 10.5. The van der Waals surface area contributed by atoms with Gasteiger partial charge in [0.1, 0.15) is 12.1 Å². The molecule has 4 aromatic rings. The summed E-state index contributed by atoms with van der Waals surface area (Å²) >= 11 is 4.08. The minimum absolute atomic E-state index is 0.00234. The number of fused-ring (bicyclic) bond motifs is 2. The molecule has 0 bridgehead atoms. The van der Waals surface area contributed by atoms with Crippen molar-refractivity contribution < 1.29 is 29.4 Å². The van der Waals surface area contributed by atoms with E-state index >= 15 is 0 Å². The van der Waals surface area contributed by atoms with Gasteiger partial charge in [0, 0.05) is 52.8 Å². The molecule has 3 amide bonds. The number of benzene rings is 2. The number of aromatic nitrogens is 2. The van der Waals surface area contributed by atoms with Crippen molar-refractivity contribution in [2.75, 3.05) is 5.75 Å². The van der Waals surface area contributed by atoms with Crippen LogP contribution in [0.3, 0.4) is 0 Å². The number of para-hydroxylation sites is 2. The van der Waals surface area contributed by atoms with Gasteiger partial charge in [-0.05, 0) is 30.2 Å². The number of H-pyrrole nitrogens is 2. The van der Waals surface area contributed by atoms with Gasteiger partial charge in [0.15, 0.2) is 6.04 Å². The van der Waals surface area contributed by atoms with E-state index < -0.39 is 54.0 Å². The average Bonchev–Trinajstić information content (AvgIpc) is 3.58. The highest BCUT2D eigenvalue weighted by Crippen LogP contribution is 2.21. The van der Waals surface area contributed by atoms with E-state index in [1.54, 1.807) is 12.4 Å². The first kappa shape index (κ1) is 30.6. The number of hydrogen-bond donors (Lipinski definition) is 9. The van der Waals surface area contributed by atoms with Gasteiger partial charge in [-0.25, -0.2) is 4.79 Å². The fraction of sp³-hybridized carbons (Fsp3) is 0.310. The summed E-state index contributed by atoms with van der Waals surface area (Å²) in [6, 6.07) is 9.92. The van der Waals surface area contributed by atoms with Crippen molar-refractivity contribution >= 4 is 58.1 Å². The Kier molecular flexibility index (Phi) is 9.88. The zero-order chi connectivity index (χ0) is 30.4. The fourth-order valence-electron chi connectivity index (χ4n) is 4.74. The summed E-state index contributed by atoms with van der Waals surface area (Å²) < 4.78 is 0. The number of aliphatic carboxylic acids is 1. The first-order valence-corrected chi connectivity index (χ1v) is 14.0. The van der Waals surface area contributed by atoms with Crippen LogP contribution in [0.1, 0.15) is 18.1 Å². The molecule has 0 radical (unpaired) electrons. The lowest BCUT2D eigenvalue weighted by molar-refractivity contribution is -0.145. The predicted molar refractivity (Wildman–Crippen MR) is 161 cm³/mol. The highest BCUT2D eigenvalue weighted by molar-refractivity contribution is 7.80. The summed E-state index contributed by atoms with van der Waals surface area (Å²) in [5.41, 5.74) is 8.97. The van der Waals surface area contributed by atoms with Gasteiger partial charge in [-0.15, -0.1) is 0 Å². The summed E-state index contributed by atoms with van der Waals surface area (Å²) in [6.07, 6.45) is 2.13. The first-order valence-electron chi connectivity index (χ1n) is 13.4. The van der Waals surface area contributed by atoms with Crippen molar-refractivity contribution in [1.29, 1.82) is 0 Å². The molecule has 0 saturated carbocycles. The topological polar surface area (TPSA) is 202 Å². The molecule has 0 saturated heterocycles. The number of rotatable bonds is 13. The molecule has 222 valence electrons. The van der Waals surface area contributed by atoms with Crippen molar-refractivity contribution in [1.82, 2.24) is 25.9 Å². The van der Waals surface area contributed by atoms with Crippen LogP contribution >= 0.6 is 12.6 Å². The van der Waals surface area contributed by atoms with Crippen LogP contribution < -0.4 is 21.7 Å². The molecule has 2 aromatic carbocycles. The van der Waals surface area contributed by atoms with Gasteiger partial charge in [-0.3, -0.25) is 14.4 Å². The Labute approximate surface area is 246 Å². The van der Waals surface area contributed by atoms with Crippen molar-refractivity contribution in [2.24, 2.45) is 5.73 Å². The smallest absolute Gasteiger partial charge is 0.328 e. The number of aliphatic hydroxyl groups excluding tert-OH is 1. The van der Waals surface area contributed by atoms with E-state index in [1.165, 1.54) is 6.92 Å². The lowest BCUT2D eigenvalue weighted by Crippen LogP contribution is -2.59. The lowest BCUT2D eigenvalue weighted by Gasteiger charge is -2.25. The number of thiol groups is 1. The first-order chi connectivity index (χ1) is 20.1. The molecule has 42 heavy (non-hydrogen) atoms. The van der Waals surface area contributed by atoms with Crippen LogP contribution in [0, 0.1) is 0 Å². The lowest BCUT2D eigenvalue weighted by atomic mass is 10.0. The van der Waals surface area contributed by atoms with Crippen molar-refractivity contribution in [3.8, 4) is 0 Å². The van der Waals surface area contributed by atoms with E-state index in [1.807, 2.05) is 48.5 Å². The van der Waals surface area contributed by atoms with Gasteiger partial charge in [0.05, 0.1) is 12.1 Å². The quantitative estimate of drug-likeness (QED) is 0.101. The van der Waals surface area contributed by atoms with Crippen LogP contribution in [0.5, 0.6) is 0 Å². The minimum atomic E-state index is -1.60. The number of aromatic amines is 2. The van der Waals surface area contributed by atoms with Crippen LogP contribution in [0.4, 0.5) is 0 Å². The number of carboxylic acids is 1. The second kappa shape index (κ2) is 13.6. The fourth-order valence-corrected chi connectivity index (χ4v) is 4.90. The number of nitrogens with one attached hydrogen (secondary N) is 5. The van der Waals surface area contributed by atoms with Crippen molar-refractivity contribution in [3.05, 3.63) is 72.1 Å². The largest absolute Gasteiger partial charge is 0.480 e. The van der Waals surface area contributed by atoms with Crippen LogP contribution in [-0.4, -0.2) is 79.9 Å². The second-order valence-electron chi connectivity index (χ2n) is 10.1. The van der Waals surface area contributed by atoms with E-state index in [0.29, 0.717) is 5.56 Å². The van der Waals surface area contributed by atoms with Gasteiger partial charge >= 0.3 is 5.97 Å². The van der Waals surface area contributed by atoms with E-state index in [0.717, 1.165) is 27.4 Å². The Morgan fingerprint density at radius 2 is 1.26 bits per heavy atom. The highest BCUT2D eigenvalue weighted by atomic mass is 32.1. The molecule has 0 aliphatic rings. The Hall–Kier alpha value is -4.33. The third-order valence-corrected chi connectivity index (χ3v) is 7.44. The molecule has 12 nitrogen and oxygen atoms in total. The number of carbonyl (C=O) groups excluding carboxylic acids is 3. The Morgan fingerprint density at radius 3 is 1.71 bits per heavy atom. The molecule has 0 aliphatic carbocycles. The normalized spacial score (nSPS) is 15.0. The van der Waals surface area contributed by atoms with Crippen molar-refractivity contribution in [2.45, 2.75) is 50.0 Å². The zero-order valence-electron chi connectivity index (χ0n) is 22.8. The van der Waals surface area contributed by atoms with Crippen LogP contribution in [-0.2, 0) is 32.0 Å². The van der Waals surface area contributed by atoms with Gasteiger partial charge in [0.25, 0.3) is 0 Å².